The number of hydrogen-bond acceptors (Lipinski definition) is 6. The second-order valence-corrected chi connectivity index (χ2v) is 10.4. The van der Waals surface area contributed by atoms with Crippen LogP contribution in [0, 0.1) is 13.8 Å². The van der Waals surface area contributed by atoms with E-state index in [1.165, 1.54) is 0 Å². The first-order valence-electron chi connectivity index (χ1n) is 9.00. The van der Waals surface area contributed by atoms with Crippen molar-refractivity contribution in [2.75, 3.05) is 59.0 Å². The van der Waals surface area contributed by atoms with Gasteiger partial charge in [0.1, 0.15) is 0 Å². The van der Waals surface area contributed by atoms with E-state index in [-0.39, 0.29) is 0 Å². The smallest absolute Gasteiger partial charge is 0.244 e. The zero-order chi connectivity index (χ0) is 18.0. The van der Waals surface area contributed by atoms with Crippen LogP contribution in [0.15, 0.2) is 11.0 Å². The Morgan fingerprint density at radius 3 is 2.40 bits per heavy atom. The highest BCUT2D eigenvalue weighted by molar-refractivity contribution is 7.89. The van der Waals surface area contributed by atoms with Crippen LogP contribution in [-0.2, 0) is 14.8 Å². The van der Waals surface area contributed by atoms with E-state index in [2.05, 4.69) is 16.7 Å². The largest absolute Gasteiger partial charge is 0.376 e. The fourth-order valence-corrected chi connectivity index (χ4v) is 6.52. The van der Waals surface area contributed by atoms with Crippen LogP contribution in [0.3, 0.4) is 0 Å². The summed E-state index contributed by atoms with van der Waals surface area (Å²) in [6.45, 7) is 13.6. The summed E-state index contributed by atoms with van der Waals surface area (Å²) in [5.74, 6) is 0. The molecular formula is C17H29N3O3S2. The van der Waals surface area contributed by atoms with Crippen LogP contribution >= 0.6 is 11.3 Å². The molecule has 2 saturated heterocycles. The van der Waals surface area contributed by atoms with Gasteiger partial charge >= 0.3 is 0 Å². The molecule has 8 heteroatoms. The maximum absolute atomic E-state index is 12.9. The maximum atomic E-state index is 12.9. The number of nitrogens with zero attached hydrogens (tertiary/aromatic N) is 3. The number of morpholine rings is 1. The minimum absolute atomic E-state index is 0.313. The van der Waals surface area contributed by atoms with Gasteiger partial charge in [-0.05, 0) is 26.8 Å². The normalized spacial score (nSPS) is 24.7. The molecule has 1 aromatic heterocycles. The lowest BCUT2D eigenvalue weighted by Gasteiger charge is -2.36. The Morgan fingerprint density at radius 2 is 1.80 bits per heavy atom. The summed E-state index contributed by atoms with van der Waals surface area (Å²) in [6, 6.07) is 1.81. The summed E-state index contributed by atoms with van der Waals surface area (Å²) in [7, 11) is -3.35. The van der Waals surface area contributed by atoms with Gasteiger partial charge in [-0.25, -0.2) is 8.42 Å². The van der Waals surface area contributed by atoms with Crippen molar-refractivity contribution in [2.45, 2.75) is 31.8 Å². The molecular weight excluding hydrogens is 358 g/mol. The SMILES string of the molecule is Cc1cc(S(=O)(=O)N2CCN(CCN3CCOC(C)C3)CC2)c(C)s1. The summed E-state index contributed by atoms with van der Waals surface area (Å²) in [4.78, 5) is 7.24. The van der Waals surface area contributed by atoms with Gasteiger partial charge in [-0.3, -0.25) is 9.80 Å². The van der Waals surface area contributed by atoms with E-state index in [1.54, 1.807) is 21.7 Å². The number of aryl methyl sites for hydroxylation is 2. The van der Waals surface area contributed by atoms with Crippen molar-refractivity contribution in [2.24, 2.45) is 0 Å². The molecule has 142 valence electrons. The van der Waals surface area contributed by atoms with Crippen LogP contribution in [0.4, 0.5) is 0 Å². The van der Waals surface area contributed by atoms with E-state index in [0.29, 0.717) is 24.1 Å². The molecule has 2 aliphatic heterocycles. The maximum Gasteiger partial charge on any atom is 0.244 e. The van der Waals surface area contributed by atoms with E-state index in [9.17, 15) is 8.42 Å². The number of sulfonamides is 1. The molecule has 6 nitrogen and oxygen atoms in total. The fraction of sp³-hybridized carbons (Fsp3) is 0.765. The van der Waals surface area contributed by atoms with E-state index in [0.717, 1.165) is 55.6 Å². The molecule has 3 heterocycles. The molecule has 1 unspecified atom stereocenters. The average molecular weight is 388 g/mol. The summed E-state index contributed by atoms with van der Waals surface area (Å²) < 4.78 is 32.9. The van der Waals surface area contributed by atoms with Gasteiger partial charge in [-0.15, -0.1) is 11.3 Å². The Morgan fingerprint density at radius 1 is 1.12 bits per heavy atom. The summed E-state index contributed by atoms with van der Waals surface area (Å²) in [6.07, 6.45) is 0.313. The van der Waals surface area contributed by atoms with Crippen molar-refractivity contribution < 1.29 is 13.2 Å². The van der Waals surface area contributed by atoms with E-state index >= 15 is 0 Å². The number of piperazine rings is 1. The molecule has 1 atom stereocenters. The molecule has 3 rings (SSSR count). The van der Waals surface area contributed by atoms with Crippen molar-refractivity contribution in [3.05, 3.63) is 15.8 Å². The second kappa shape index (κ2) is 8.02. The van der Waals surface area contributed by atoms with Crippen LogP contribution in [0.1, 0.15) is 16.7 Å². The molecule has 0 bridgehead atoms. The second-order valence-electron chi connectivity index (χ2n) is 7.01. The predicted molar refractivity (Wildman–Crippen MR) is 101 cm³/mol. The molecule has 0 saturated carbocycles. The lowest BCUT2D eigenvalue weighted by Crippen LogP contribution is -2.51. The molecule has 0 aromatic carbocycles. The van der Waals surface area contributed by atoms with Gasteiger partial charge in [0.2, 0.25) is 10.0 Å². The van der Waals surface area contributed by atoms with Gasteiger partial charge in [-0.1, -0.05) is 0 Å². The highest BCUT2D eigenvalue weighted by atomic mass is 32.2. The van der Waals surface area contributed by atoms with Gasteiger partial charge in [-0.2, -0.15) is 4.31 Å². The molecule has 2 aliphatic rings. The molecule has 0 spiro atoms. The van der Waals surface area contributed by atoms with Gasteiger partial charge in [0.25, 0.3) is 0 Å². The first kappa shape index (κ1) is 19.3. The van der Waals surface area contributed by atoms with Crippen molar-refractivity contribution in [1.82, 2.24) is 14.1 Å². The summed E-state index contributed by atoms with van der Waals surface area (Å²) >= 11 is 1.55. The minimum atomic E-state index is -3.35. The predicted octanol–water partition coefficient (Wildman–Crippen LogP) is 1.39. The molecule has 2 fully saturated rings. The Bertz CT molecular complexity index is 681. The number of ether oxygens (including phenoxy) is 1. The third kappa shape index (κ3) is 4.61. The zero-order valence-corrected chi connectivity index (χ0v) is 17.0. The van der Waals surface area contributed by atoms with Gasteiger partial charge < -0.3 is 4.74 Å². The Hall–Kier alpha value is -0.510. The minimum Gasteiger partial charge on any atom is -0.376 e. The molecule has 0 aliphatic carbocycles. The Balaban J connectivity index is 1.50. The van der Waals surface area contributed by atoms with Crippen LogP contribution in [0.2, 0.25) is 0 Å². The van der Waals surface area contributed by atoms with Crippen LogP contribution in [0.5, 0.6) is 0 Å². The molecule has 1 aromatic rings. The van der Waals surface area contributed by atoms with Gasteiger partial charge in [0.15, 0.2) is 0 Å². The van der Waals surface area contributed by atoms with Crippen molar-refractivity contribution in [3.63, 3.8) is 0 Å². The highest BCUT2D eigenvalue weighted by Gasteiger charge is 2.30. The van der Waals surface area contributed by atoms with Crippen LogP contribution in [-0.4, -0.2) is 87.6 Å². The average Bonchev–Trinajstić information content (AvgIpc) is 2.93. The van der Waals surface area contributed by atoms with Crippen molar-refractivity contribution in [3.8, 4) is 0 Å². The van der Waals surface area contributed by atoms with Crippen LogP contribution < -0.4 is 0 Å². The first-order valence-corrected chi connectivity index (χ1v) is 11.3. The lowest BCUT2D eigenvalue weighted by molar-refractivity contribution is -0.0212. The van der Waals surface area contributed by atoms with Gasteiger partial charge in [0.05, 0.1) is 17.6 Å². The standard InChI is InChI=1S/C17H29N3O3S2/c1-14-13-19(10-11-23-14)5-4-18-6-8-20(9-7-18)25(21,22)17-12-15(2)24-16(17)3/h12,14H,4-11,13H2,1-3H3. The van der Waals surface area contributed by atoms with Crippen molar-refractivity contribution >= 4 is 21.4 Å². The molecule has 0 radical (unpaired) electrons. The van der Waals surface area contributed by atoms with E-state index < -0.39 is 10.0 Å². The zero-order valence-electron chi connectivity index (χ0n) is 15.4. The van der Waals surface area contributed by atoms with E-state index in [1.807, 2.05) is 13.8 Å². The quantitative estimate of drug-likeness (QED) is 0.764. The molecule has 0 N–H and O–H groups in total. The Kier molecular flexibility index (Phi) is 6.18. The number of thiophene rings is 1. The molecule has 25 heavy (non-hydrogen) atoms. The number of hydrogen-bond donors (Lipinski definition) is 0. The third-order valence-corrected chi connectivity index (χ3v) is 8.12. The summed E-state index contributed by atoms with van der Waals surface area (Å²) in [5, 5.41) is 0. The van der Waals surface area contributed by atoms with Crippen molar-refractivity contribution in [1.29, 1.82) is 0 Å². The lowest BCUT2D eigenvalue weighted by atomic mass is 10.3. The fourth-order valence-electron chi connectivity index (χ4n) is 3.57. The third-order valence-electron chi connectivity index (χ3n) is 5.00. The highest BCUT2D eigenvalue weighted by Crippen LogP contribution is 2.28. The monoisotopic (exact) mass is 387 g/mol. The van der Waals surface area contributed by atoms with Crippen LogP contribution in [0.25, 0.3) is 0 Å². The van der Waals surface area contributed by atoms with E-state index in [4.69, 9.17) is 4.74 Å². The topological polar surface area (TPSA) is 53.1 Å². The molecule has 0 amide bonds. The number of rotatable bonds is 5. The Labute approximate surface area is 155 Å². The van der Waals surface area contributed by atoms with Gasteiger partial charge in [0, 0.05) is 62.1 Å². The summed E-state index contributed by atoms with van der Waals surface area (Å²) in [5.41, 5.74) is 0. The first-order chi connectivity index (χ1) is 11.9.